The van der Waals surface area contributed by atoms with E-state index in [1.165, 1.54) is 88.9 Å². The van der Waals surface area contributed by atoms with E-state index in [4.69, 9.17) is 33.2 Å². The van der Waals surface area contributed by atoms with Crippen LogP contribution in [0.15, 0.2) is 73.4 Å². The second-order valence-corrected chi connectivity index (χ2v) is 16.3. The van der Waals surface area contributed by atoms with E-state index in [-0.39, 0.29) is 16.7 Å². The van der Waals surface area contributed by atoms with Crippen molar-refractivity contribution >= 4 is 47.6 Å². The first kappa shape index (κ1) is 47.4. The van der Waals surface area contributed by atoms with E-state index in [9.17, 15) is 33.6 Å². The number of carbonyl (C=O) groups is 8. The summed E-state index contributed by atoms with van der Waals surface area (Å²) >= 11 is 0. The van der Waals surface area contributed by atoms with E-state index in [2.05, 4.69) is 16.5 Å². The molecule has 1 saturated carbocycles. The largest absolute Gasteiger partial charge is 0.458 e. The fraction of sp³-hybridized carbons (Fsp3) is 0.500. The van der Waals surface area contributed by atoms with Gasteiger partial charge in [-0.2, -0.15) is 0 Å². The Morgan fingerprint density at radius 3 is 1.77 bits per heavy atom. The van der Waals surface area contributed by atoms with Gasteiger partial charge in [0, 0.05) is 75.8 Å². The highest BCUT2D eigenvalue weighted by Crippen LogP contribution is 2.54. The summed E-state index contributed by atoms with van der Waals surface area (Å²) in [5.41, 5.74) is -6.31. The fourth-order valence-electron chi connectivity index (χ4n) is 7.73. The Morgan fingerprint density at radius 1 is 0.721 bits per heavy atom. The number of hydrogen-bond acceptors (Lipinski definition) is 17. The minimum absolute atomic E-state index is 0.00678. The molecule has 2 heterocycles. The zero-order valence-corrected chi connectivity index (χ0v) is 35.8. The molecule has 4 rings (SSSR count). The average molecular weight is 849 g/mol. The minimum atomic E-state index is -2.46. The highest BCUT2D eigenvalue weighted by atomic mass is 16.6. The number of ketones is 1. The summed E-state index contributed by atoms with van der Waals surface area (Å²) in [4.78, 5) is 117. The lowest BCUT2D eigenvalue weighted by molar-refractivity contribution is -0.192. The number of Topliss-reactive ketones (excluding diaryl/α,β-unsaturated/α-hetero) is 1. The molecule has 0 amide bonds. The molecule has 0 spiro atoms. The summed E-state index contributed by atoms with van der Waals surface area (Å²) in [6, 6.07) is 5.81. The number of pyridine rings is 2. The van der Waals surface area contributed by atoms with Crippen LogP contribution in [0.1, 0.15) is 96.4 Å². The van der Waals surface area contributed by atoms with Gasteiger partial charge in [-0.05, 0) is 31.2 Å². The first-order valence-corrected chi connectivity index (χ1v) is 19.5. The third-order valence-corrected chi connectivity index (χ3v) is 10.4. The first-order chi connectivity index (χ1) is 28.4. The van der Waals surface area contributed by atoms with Gasteiger partial charge in [0.05, 0.1) is 23.0 Å². The molecule has 0 unspecified atom stereocenters. The molecule has 0 bridgehead atoms. The summed E-state index contributed by atoms with van der Waals surface area (Å²) in [5.74, 6) is -11.3. The van der Waals surface area contributed by atoms with Gasteiger partial charge in [-0.25, -0.2) is 9.59 Å². The van der Waals surface area contributed by atoms with Crippen molar-refractivity contribution in [3.8, 4) is 0 Å². The molecule has 328 valence electrons. The monoisotopic (exact) mass is 848 g/mol. The van der Waals surface area contributed by atoms with Gasteiger partial charge < -0.3 is 33.2 Å². The Labute approximate surface area is 353 Å². The number of nitrogens with zero attached hydrogens (tertiary/aromatic N) is 2. The van der Waals surface area contributed by atoms with Crippen molar-refractivity contribution in [2.75, 3.05) is 0 Å². The smallest absolute Gasteiger partial charge is 0.340 e. The van der Waals surface area contributed by atoms with E-state index in [0.29, 0.717) is 0 Å². The molecule has 0 saturated heterocycles. The summed E-state index contributed by atoms with van der Waals surface area (Å²) in [7, 11) is 0. The van der Waals surface area contributed by atoms with Crippen LogP contribution in [0.25, 0.3) is 0 Å². The lowest BCUT2D eigenvalue weighted by Gasteiger charge is -2.44. The summed E-state index contributed by atoms with van der Waals surface area (Å²) in [6.07, 6.45) is -1.32. The number of rotatable bonds is 10. The molecule has 9 atom stereocenters. The molecule has 17 nitrogen and oxygen atoms in total. The van der Waals surface area contributed by atoms with Crippen molar-refractivity contribution in [1.29, 1.82) is 0 Å². The molecule has 1 fully saturated rings. The van der Waals surface area contributed by atoms with E-state index in [0.717, 1.165) is 27.7 Å². The molecule has 0 N–H and O–H groups in total. The zero-order chi connectivity index (χ0) is 45.6. The molecule has 61 heavy (non-hydrogen) atoms. The van der Waals surface area contributed by atoms with Gasteiger partial charge in [0.15, 0.2) is 41.4 Å². The van der Waals surface area contributed by atoms with Gasteiger partial charge in [0.2, 0.25) is 0 Å². The maximum Gasteiger partial charge on any atom is 0.340 e. The van der Waals surface area contributed by atoms with Gasteiger partial charge in [0.1, 0.15) is 6.10 Å². The maximum absolute atomic E-state index is 15.3. The highest BCUT2D eigenvalue weighted by Gasteiger charge is 2.72. The van der Waals surface area contributed by atoms with Crippen LogP contribution in [0.5, 0.6) is 0 Å². The first-order valence-electron chi connectivity index (χ1n) is 19.5. The summed E-state index contributed by atoms with van der Waals surface area (Å²) in [5, 5.41) is 0. The summed E-state index contributed by atoms with van der Waals surface area (Å²) in [6.45, 7) is 17.4. The standard InChI is InChI=1S/C44H52N2O15/c1-23(2)39(52)58-34-25(4)33(55-26(5)47)32-37(57-28(7)49)43(11,61-41(54)31-15-13-19-46-21-31)22-44(32,60-29(8)50)36(51)24(3)16-17-42(9,10)38(35(34)56-27(6)48)59-40(53)30-14-12-18-45-20-30/h12-21,23-24,32-35,37-38H,4,22H2,1-3,5-11H3/b17-16+/t24-,32-,33+,34-,35+,37+,38+,43+,44+/m0/s1. The van der Waals surface area contributed by atoms with Crippen molar-refractivity contribution in [2.45, 2.75) is 117 Å². The minimum Gasteiger partial charge on any atom is -0.458 e. The van der Waals surface area contributed by atoms with Gasteiger partial charge in [0.25, 0.3) is 0 Å². The zero-order valence-electron chi connectivity index (χ0n) is 35.8. The van der Waals surface area contributed by atoms with Crippen LogP contribution < -0.4 is 0 Å². The highest BCUT2D eigenvalue weighted by molar-refractivity contribution is 5.95. The molecule has 2 aromatic heterocycles. The van der Waals surface area contributed by atoms with Crippen molar-refractivity contribution in [1.82, 2.24) is 9.97 Å². The van der Waals surface area contributed by atoms with Crippen LogP contribution in [0, 0.1) is 23.2 Å². The van der Waals surface area contributed by atoms with Crippen LogP contribution >= 0.6 is 0 Å². The van der Waals surface area contributed by atoms with Crippen molar-refractivity contribution < 1.29 is 71.5 Å². The third kappa shape index (κ3) is 10.7. The Bertz CT molecular complexity index is 2070. The Kier molecular flexibility index (Phi) is 14.8. The van der Waals surface area contributed by atoms with Crippen LogP contribution in [0.2, 0.25) is 0 Å². The van der Waals surface area contributed by atoms with Crippen LogP contribution in [0.4, 0.5) is 0 Å². The quantitative estimate of drug-likeness (QED) is 0.180. The maximum atomic E-state index is 15.3. The van der Waals surface area contributed by atoms with Gasteiger partial charge in [-0.15, -0.1) is 0 Å². The topological polar surface area (TPSA) is 227 Å². The summed E-state index contributed by atoms with van der Waals surface area (Å²) < 4.78 is 42.2. The second kappa shape index (κ2) is 19.0. The van der Waals surface area contributed by atoms with Crippen LogP contribution in [0.3, 0.4) is 0 Å². The molecular weight excluding hydrogens is 796 g/mol. The predicted molar refractivity (Wildman–Crippen MR) is 212 cm³/mol. The van der Waals surface area contributed by atoms with Gasteiger partial charge in [-0.1, -0.05) is 53.3 Å². The van der Waals surface area contributed by atoms with Crippen molar-refractivity contribution in [2.24, 2.45) is 23.2 Å². The van der Waals surface area contributed by atoms with E-state index >= 15 is 4.79 Å². The number of fused-ring (bicyclic) bond motifs is 1. The average Bonchev–Trinajstić information content (AvgIpc) is 3.41. The Morgan fingerprint density at radius 2 is 1.28 bits per heavy atom. The molecule has 0 aliphatic heterocycles. The lowest BCUT2D eigenvalue weighted by atomic mass is 9.72. The van der Waals surface area contributed by atoms with Gasteiger partial charge in [-0.3, -0.25) is 38.7 Å². The van der Waals surface area contributed by atoms with Gasteiger partial charge >= 0.3 is 41.8 Å². The fourth-order valence-corrected chi connectivity index (χ4v) is 7.73. The lowest BCUT2D eigenvalue weighted by Crippen LogP contribution is -2.59. The van der Waals surface area contributed by atoms with Crippen LogP contribution in [-0.4, -0.2) is 99.3 Å². The van der Waals surface area contributed by atoms with Crippen molar-refractivity contribution in [3.05, 3.63) is 84.5 Å². The molecule has 17 heteroatoms. The molecule has 2 aliphatic carbocycles. The number of esters is 7. The number of hydrogen-bond donors (Lipinski definition) is 0. The molecule has 0 radical (unpaired) electrons. The normalized spacial score (nSPS) is 29.0. The number of aromatic nitrogens is 2. The number of carbonyl (C=O) groups excluding carboxylic acids is 8. The third-order valence-electron chi connectivity index (χ3n) is 10.4. The van der Waals surface area contributed by atoms with Crippen molar-refractivity contribution in [3.63, 3.8) is 0 Å². The SMILES string of the molecule is C=C1[C@@H](OC(C)=O)[C@H]2[C@@H](OC(C)=O)[C@](C)(OC(=O)c3cccnc3)C[C@]2(OC(C)=O)C(=O)[C@@H](C)/C=C/C(C)(C)[C@H](OC(=O)c2cccnc2)[C@H](OC(C)=O)[C@H]1OC(=O)C(C)C. The Balaban J connectivity index is 2.15. The number of ether oxygens (including phenoxy) is 7. The predicted octanol–water partition coefficient (Wildman–Crippen LogP) is 4.66. The molecule has 0 aromatic carbocycles. The molecular formula is C44H52N2O15. The van der Waals surface area contributed by atoms with E-state index in [1.54, 1.807) is 13.8 Å². The molecule has 2 aliphatic rings. The Hall–Kier alpha value is -6.26. The molecule has 2 aromatic rings. The van der Waals surface area contributed by atoms with Crippen LogP contribution in [-0.2, 0) is 61.9 Å². The van der Waals surface area contributed by atoms with E-state index in [1.807, 2.05) is 0 Å². The second-order valence-electron chi connectivity index (χ2n) is 16.3. The van der Waals surface area contributed by atoms with E-state index < -0.39 is 119 Å². The number of allylic oxidation sites excluding steroid dienone is 1.